The van der Waals surface area contributed by atoms with Crippen molar-refractivity contribution in [3.63, 3.8) is 0 Å². The third-order valence-electron chi connectivity index (χ3n) is 4.38. The summed E-state index contributed by atoms with van der Waals surface area (Å²) in [6, 6.07) is 9.27. The van der Waals surface area contributed by atoms with Crippen LogP contribution >= 0.6 is 0 Å². The number of amides is 2. The van der Waals surface area contributed by atoms with Crippen molar-refractivity contribution in [2.75, 3.05) is 25.0 Å². The van der Waals surface area contributed by atoms with Crippen molar-refractivity contribution in [2.24, 2.45) is 0 Å². The van der Waals surface area contributed by atoms with Crippen LogP contribution in [0, 0.1) is 0 Å². The molecule has 1 aliphatic rings. The van der Waals surface area contributed by atoms with Crippen molar-refractivity contribution < 1.29 is 14.7 Å². The molecule has 5 heteroatoms. The molecule has 0 spiro atoms. The molecule has 3 rings (SSSR count). The highest BCUT2D eigenvalue weighted by atomic mass is 16.3. The van der Waals surface area contributed by atoms with E-state index in [4.69, 9.17) is 5.11 Å². The van der Waals surface area contributed by atoms with Crippen molar-refractivity contribution in [2.45, 2.75) is 26.2 Å². The van der Waals surface area contributed by atoms with Crippen molar-refractivity contribution in [1.29, 1.82) is 0 Å². The van der Waals surface area contributed by atoms with Crippen LogP contribution in [-0.4, -0.2) is 41.5 Å². The third-order valence-corrected chi connectivity index (χ3v) is 4.38. The van der Waals surface area contributed by atoms with E-state index in [1.165, 1.54) is 4.90 Å². The Morgan fingerprint density at radius 2 is 1.79 bits per heavy atom. The second-order valence-corrected chi connectivity index (χ2v) is 6.01. The lowest BCUT2D eigenvalue weighted by molar-refractivity contribution is 0.0601. The van der Waals surface area contributed by atoms with E-state index in [0.29, 0.717) is 17.5 Å². The highest BCUT2D eigenvalue weighted by Crippen LogP contribution is 2.34. The molecular weight excluding hydrogens is 304 g/mol. The number of nitrogens with zero attached hydrogens (tertiary/aromatic N) is 1. The minimum absolute atomic E-state index is 0.0472. The maximum atomic E-state index is 12.7. The standard InChI is InChI=1S/C19H22N2O3/c1-2-3-10-20-16-9-8-15-17-13(16)6-4-7-14(17)18(23)21(19(15)24)11-5-12-22/h4,6-9,20,22H,2-3,5,10-12H2,1H3. The lowest BCUT2D eigenvalue weighted by Gasteiger charge is -2.27. The molecule has 0 radical (unpaired) electrons. The third kappa shape index (κ3) is 2.76. The van der Waals surface area contributed by atoms with E-state index in [1.807, 2.05) is 18.2 Å². The van der Waals surface area contributed by atoms with Crippen molar-refractivity contribution >= 4 is 28.3 Å². The first-order valence-electron chi connectivity index (χ1n) is 8.45. The fraction of sp³-hybridized carbons (Fsp3) is 0.368. The molecule has 0 bridgehead atoms. The van der Waals surface area contributed by atoms with Crippen LogP contribution in [0.3, 0.4) is 0 Å². The second-order valence-electron chi connectivity index (χ2n) is 6.01. The maximum Gasteiger partial charge on any atom is 0.261 e. The van der Waals surface area contributed by atoms with Gasteiger partial charge in [0.25, 0.3) is 11.8 Å². The zero-order valence-corrected chi connectivity index (χ0v) is 13.8. The summed E-state index contributed by atoms with van der Waals surface area (Å²) >= 11 is 0. The van der Waals surface area contributed by atoms with Gasteiger partial charge in [0.15, 0.2) is 0 Å². The van der Waals surface area contributed by atoms with Gasteiger partial charge in [-0.25, -0.2) is 0 Å². The molecule has 0 aromatic heterocycles. The number of carbonyl (C=O) groups excluding carboxylic acids is 2. The first kappa shape index (κ1) is 16.5. The zero-order valence-electron chi connectivity index (χ0n) is 13.8. The minimum atomic E-state index is -0.280. The summed E-state index contributed by atoms with van der Waals surface area (Å²) < 4.78 is 0. The fourth-order valence-electron chi connectivity index (χ4n) is 3.13. The van der Waals surface area contributed by atoms with Gasteiger partial charge in [-0.15, -0.1) is 0 Å². The number of unbranched alkanes of at least 4 members (excludes halogenated alkanes) is 1. The summed E-state index contributed by atoms with van der Waals surface area (Å²) in [5, 5.41) is 14.0. The normalized spacial score (nSPS) is 13.7. The van der Waals surface area contributed by atoms with Crippen LogP contribution < -0.4 is 5.32 Å². The van der Waals surface area contributed by atoms with Crippen molar-refractivity contribution in [3.05, 3.63) is 41.5 Å². The van der Waals surface area contributed by atoms with E-state index < -0.39 is 0 Å². The molecule has 0 fully saturated rings. The predicted octanol–water partition coefficient (Wildman–Crippen LogP) is 3.03. The average Bonchev–Trinajstić information content (AvgIpc) is 2.60. The van der Waals surface area contributed by atoms with Gasteiger partial charge >= 0.3 is 0 Å². The molecule has 0 aliphatic carbocycles. The van der Waals surface area contributed by atoms with Crippen LogP contribution in [0.25, 0.3) is 10.8 Å². The second kappa shape index (κ2) is 7.01. The van der Waals surface area contributed by atoms with Gasteiger partial charge in [0.2, 0.25) is 0 Å². The molecule has 1 aliphatic heterocycles. The van der Waals surface area contributed by atoms with Gasteiger partial charge in [0.1, 0.15) is 0 Å². The summed E-state index contributed by atoms with van der Waals surface area (Å²) in [5.41, 5.74) is 2.06. The highest BCUT2D eigenvalue weighted by Gasteiger charge is 2.32. The number of anilines is 1. The SMILES string of the molecule is CCCCNc1ccc2c3c(cccc13)C(=O)N(CCCO)C2=O. The summed E-state index contributed by atoms with van der Waals surface area (Å²) in [5.74, 6) is -0.561. The Hall–Kier alpha value is -2.40. The molecular formula is C19H22N2O3. The number of nitrogens with one attached hydrogen (secondary N) is 1. The Labute approximate surface area is 141 Å². The van der Waals surface area contributed by atoms with Gasteiger partial charge in [-0.3, -0.25) is 14.5 Å². The van der Waals surface area contributed by atoms with E-state index in [0.717, 1.165) is 35.8 Å². The molecule has 5 nitrogen and oxygen atoms in total. The van der Waals surface area contributed by atoms with Crippen LogP contribution in [-0.2, 0) is 0 Å². The summed E-state index contributed by atoms with van der Waals surface area (Å²) in [6.07, 6.45) is 2.56. The minimum Gasteiger partial charge on any atom is -0.396 e. The van der Waals surface area contributed by atoms with Gasteiger partial charge in [0, 0.05) is 47.3 Å². The van der Waals surface area contributed by atoms with Gasteiger partial charge < -0.3 is 10.4 Å². The fourth-order valence-corrected chi connectivity index (χ4v) is 3.13. The number of benzene rings is 2. The molecule has 2 aromatic rings. The molecule has 0 unspecified atom stereocenters. The Balaban J connectivity index is 2.06. The summed E-state index contributed by atoms with van der Waals surface area (Å²) in [4.78, 5) is 26.6. The Bertz CT molecular complexity index is 763. The Morgan fingerprint density at radius 3 is 2.50 bits per heavy atom. The van der Waals surface area contributed by atoms with Crippen LogP contribution in [0.1, 0.15) is 46.9 Å². The summed E-state index contributed by atoms with van der Waals surface area (Å²) in [6.45, 7) is 3.19. The first-order chi connectivity index (χ1) is 11.7. The molecule has 0 saturated heterocycles. The van der Waals surface area contributed by atoms with Gasteiger partial charge in [-0.05, 0) is 31.0 Å². The maximum absolute atomic E-state index is 12.7. The topological polar surface area (TPSA) is 69.6 Å². The smallest absolute Gasteiger partial charge is 0.261 e. The van der Waals surface area contributed by atoms with Crippen LogP contribution in [0.2, 0.25) is 0 Å². The molecule has 2 aromatic carbocycles. The average molecular weight is 326 g/mol. The Kier molecular flexibility index (Phi) is 4.81. The van der Waals surface area contributed by atoms with E-state index in [2.05, 4.69) is 12.2 Å². The van der Waals surface area contributed by atoms with Gasteiger partial charge in [-0.1, -0.05) is 25.5 Å². The van der Waals surface area contributed by atoms with Gasteiger partial charge in [-0.2, -0.15) is 0 Å². The van der Waals surface area contributed by atoms with Gasteiger partial charge in [0.05, 0.1) is 0 Å². The van der Waals surface area contributed by atoms with Crippen LogP contribution in [0.15, 0.2) is 30.3 Å². The lowest BCUT2D eigenvalue weighted by atomic mass is 9.93. The van der Waals surface area contributed by atoms with E-state index in [9.17, 15) is 9.59 Å². The number of hydrogen-bond donors (Lipinski definition) is 2. The Morgan fingerprint density at radius 1 is 1.04 bits per heavy atom. The quantitative estimate of drug-likeness (QED) is 0.606. The van der Waals surface area contributed by atoms with Crippen LogP contribution in [0.4, 0.5) is 5.69 Å². The molecule has 0 atom stereocenters. The largest absolute Gasteiger partial charge is 0.396 e. The first-order valence-corrected chi connectivity index (χ1v) is 8.45. The number of carbonyl (C=O) groups is 2. The molecule has 1 heterocycles. The van der Waals surface area contributed by atoms with E-state index in [1.54, 1.807) is 12.1 Å². The molecule has 24 heavy (non-hydrogen) atoms. The van der Waals surface area contributed by atoms with E-state index >= 15 is 0 Å². The molecule has 126 valence electrons. The number of aliphatic hydroxyl groups excluding tert-OH is 1. The molecule has 2 N–H and O–H groups in total. The van der Waals surface area contributed by atoms with Crippen molar-refractivity contribution in [3.8, 4) is 0 Å². The monoisotopic (exact) mass is 326 g/mol. The number of rotatable bonds is 7. The molecule has 2 amide bonds. The molecule has 0 saturated carbocycles. The van der Waals surface area contributed by atoms with Crippen molar-refractivity contribution in [1.82, 2.24) is 4.90 Å². The lowest BCUT2D eigenvalue weighted by Crippen LogP contribution is -2.41. The number of hydrogen-bond acceptors (Lipinski definition) is 4. The predicted molar refractivity (Wildman–Crippen MR) is 94.4 cm³/mol. The van der Waals surface area contributed by atoms with E-state index in [-0.39, 0.29) is 25.0 Å². The summed E-state index contributed by atoms with van der Waals surface area (Å²) in [7, 11) is 0. The zero-order chi connectivity index (χ0) is 17.1. The highest BCUT2D eigenvalue weighted by molar-refractivity contribution is 6.26. The number of imide groups is 1. The number of aliphatic hydroxyl groups is 1. The van der Waals surface area contributed by atoms with Crippen LogP contribution in [0.5, 0.6) is 0 Å².